The fraction of sp³-hybridized carbons (Fsp3) is 0.348. The highest BCUT2D eigenvalue weighted by molar-refractivity contribution is 6.46. The van der Waals surface area contributed by atoms with Crippen LogP contribution in [0.5, 0.6) is 0 Å². The largest absolute Gasteiger partial charge is 0.612 e. The Labute approximate surface area is 205 Å². The fourth-order valence-corrected chi connectivity index (χ4v) is 5.03. The summed E-state index contributed by atoms with van der Waals surface area (Å²) in [5.74, 6) is -3.03. The second kappa shape index (κ2) is 9.70. The number of morpholine rings is 1. The van der Waals surface area contributed by atoms with Crippen LogP contribution in [-0.4, -0.2) is 70.0 Å². The molecule has 0 aromatic heterocycles. The number of hydrogen-bond donors (Lipinski definition) is 0. The van der Waals surface area contributed by atoms with Crippen LogP contribution in [0.4, 0.5) is 17.1 Å². The summed E-state index contributed by atoms with van der Waals surface area (Å²) in [6.07, 6.45) is 0. The maximum atomic E-state index is 13.2. The molecule has 13 heteroatoms. The number of nitro groups is 2. The number of hydrogen-bond acceptors (Lipinski definition) is 8. The summed E-state index contributed by atoms with van der Waals surface area (Å²) in [7, 11) is 1.19. The van der Waals surface area contributed by atoms with Crippen molar-refractivity contribution in [3.8, 4) is 0 Å². The van der Waals surface area contributed by atoms with Gasteiger partial charge in [-0.2, -0.15) is 4.90 Å². The van der Waals surface area contributed by atoms with E-state index in [1.807, 2.05) is 34.9 Å². The molecule has 0 saturated carbocycles. The zero-order valence-electron chi connectivity index (χ0n) is 19.5. The number of anilines is 1. The molecule has 4 rings (SSSR count). The maximum Gasteiger partial charge on any atom is 0.321 e. The van der Waals surface area contributed by atoms with E-state index >= 15 is 0 Å². The van der Waals surface area contributed by atoms with Crippen LogP contribution in [0.3, 0.4) is 0 Å². The van der Waals surface area contributed by atoms with Gasteiger partial charge in [-0.3, -0.25) is 25.0 Å². The minimum Gasteiger partial charge on any atom is -0.612 e. The zero-order chi connectivity index (χ0) is 26.1. The molecule has 2 aromatic carbocycles. The molecule has 1 amide bonds. The van der Waals surface area contributed by atoms with E-state index < -0.39 is 49.6 Å². The van der Waals surface area contributed by atoms with Crippen molar-refractivity contribution in [3.63, 3.8) is 0 Å². The monoisotopic (exact) mass is 497 g/mol. The molecule has 13 nitrogen and oxygen atoms in total. The van der Waals surface area contributed by atoms with Gasteiger partial charge in [0.1, 0.15) is 18.9 Å². The molecule has 2 unspecified atom stereocenters. The zero-order valence-corrected chi connectivity index (χ0v) is 19.5. The average molecular weight is 497 g/mol. The first-order chi connectivity index (χ1) is 17.1. The molecule has 0 N–H and O–H groups in total. The lowest BCUT2D eigenvalue weighted by Gasteiger charge is -2.34. The van der Waals surface area contributed by atoms with Crippen molar-refractivity contribution in [3.05, 3.63) is 84.2 Å². The van der Waals surface area contributed by atoms with E-state index in [1.54, 1.807) is 6.92 Å². The van der Waals surface area contributed by atoms with Crippen molar-refractivity contribution >= 4 is 34.4 Å². The van der Waals surface area contributed by atoms with Crippen molar-refractivity contribution in [1.29, 1.82) is 0 Å². The van der Waals surface area contributed by atoms with Crippen LogP contribution in [0.25, 0.3) is 0 Å². The highest BCUT2D eigenvalue weighted by atomic mass is 16.8. The number of benzene rings is 2. The predicted octanol–water partition coefficient (Wildman–Crippen LogP) is 2.18. The van der Waals surface area contributed by atoms with Gasteiger partial charge < -0.3 is 20.1 Å². The number of rotatable bonds is 5. The number of nitro benzene ring substituents is 2. The van der Waals surface area contributed by atoms with E-state index in [1.165, 1.54) is 7.05 Å². The number of amides is 1. The Bertz CT molecular complexity index is 1300. The second-order valence-electron chi connectivity index (χ2n) is 8.54. The first-order valence-corrected chi connectivity index (χ1v) is 11.1. The third-order valence-corrected chi connectivity index (χ3v) is 6.55. The van der Waals surface area contributed by atoms with Crippen LogP contribution in [0.1, 0.15) is 24.0 Å². The summed E-state index contributed by atoms with van der Waals surface area (Å²) in [5, 5.41) is 47.9. The van der Waals surface area contributed by atoms with Gasteiger partial charge in [-0.05, 0) is 12.1 Å². The smallest absolute Gasteiger partial charge is 0.321 e. The SMILES string of the molecule is CC(C(c1ccccc1)=[N+]1CCOCC1)C1C(=[N+]([O-])[O-])C(=O)N(C)c2c1cc([N+](=O)[O-])cc2[N+](=O)[O-]. The summed E-state index contributed by atoms with van der Waals surface area (Å²) in [4.78, 5) is 35.2. The van der Waals surface area contributed by atoms with Crippen LogP contribution in [0.15, 0.2) is 42.5 Å². The maximum absolute atomic E-state index is 13.2. The van der Waals surface area contributed by atoms with Gasteiger partial charge in [-0.15, -0.1) is 0 Å². The van der Waals surface area contributed by atoms with Crippen LogP contribution in [0, 0.1) is 36.6 Å². The molecule has 1 fully saturated rings. The minimum atomic E-state index is -1.28. The first kappa shape index (κ1) is 24.7. The number of fused-ring (bicyclic) bond motifs is 1. The van der Waals surface area contributed by atoms with E-state index in [0.29, 0.717) is 32.0 Å². The molecular formula is C23H23N5O8. The van der Waals surface area contributed by atoms with Gasteiger partial charge in [0.25, 0.3) is 17.1 Å². The number of non-ortho nitro benzene ring substituents is 1. The Kier molecular flexibility index (Phi) is 6.66. The minimum absolute atomic E-state index is 0.0149. The lowest BCUT2D eigenvalue weighted by Crippen LogP contribution is -2.49. The van der Waals surface area contributed by atoms with Crippen molar-refractivity contribution in [2.24, 2.45) is 5.92 Å². The summed E-state index contributed by atoms with van der Waals surface area (Å²) >= 11 is 0. The molecule has 188 valence electrons. The molecule has 2 atom stereocenters. The molecule has 2 aliphatic rings. The molecular weight excluding hydrogens is 474 g/mol. The summed E-state index contributed by atoms with van der Waals surface area (Å²) < 4.78 is 7.47. The third kappa shape index (κ3) is 4.24. The Morgan fingerprint density at radius 1 is 1.06 bits per heavy atom. The number of carbonyl (C=O) groups excluding carboxylic acids is 1. The van der Waals surface area contributed by atoms with Gasteiger partial charge in [0.15, 0.2) is 18.8 Å². The lowest BCUT2D eigenvalue weighted by atomic mass is 9.75. The van der Waals surface area contributed by atoms with Crippen molar-refractivity contribution in [1.82, 2.24) is 0 Å². The molecule has 2 aromatic rings. The standard InChI is InChI=1S/C23H23N5O8/c1-14(20(15-6-4-3-5-7-15)25-8-10-36-11-9-25)19-17-12-16(26(30)31)13-18(27(32)33)21(17)24(2)23(29)22(19)28(34)35/h3-7,12-14,19H,8-11H2,1-2H3. The Hall–Kier alpha value is -4.39. The third-order valence-electron chi connectivity index (χ3n) is 6.55. The summed E-state index contributed by atoms with van der Waals surface area (Å²) in [5.41, 5.74) is -0.721. The van der Waals surface area contributed by atoms with Gasteiger partial charge in [0, 0.05) is 24.2 Å². The summed E-state index contributed by atoms with van der Waals surface area (Å²) in [6, 6.07) is 11.0. The molecule has 2 aliphatic heterocycles. The first-order valence-electron chi connectivity index (χ1n) is 11.1. The van der Waals surface area contributed by atoms with E-state index in [9.17, 15) is 35.4 Å². The lowest BCUT2D eigenvalue weighted by molar-refractivity contribution is -0.550. The second-order valence-corrected chi connectivity index (χ2v) is 8.54. The highest BCUT2D eigenvalue weighted by Gasteiger charge is 2.50. The van der Waals surface area contributed by atoms with Crippen LogP contribution < -0.4 is 4.90 Å². The van der Waals surface area contributed by atoms with Crippen LogP contribution in [0.2, 0.25) is 0 Å². The van der Waals surface area contributed by atoms with Crippen molar-refractivity contribution < 1.29 is 28.9 Å². The van der Waals surface area contributed by atoms with E-state index in [0.717, 1.165) is 22.6 Å². The van der Waals surface area contributed by atoms with Crippen molar-refractivity contribution in [2.75, 3.05) is 38.3 Å². The van der Waals surface area contributed by atoms with Crippen molar-refractivity contribution in [2.45, 2.75) is 12.8 Å². The van der Waals surface area contributed by atoms with Gasteiger partial charge in [-0.1, -0.05) is 25.1 Å². The molecule has 1 saturated heterocycles. The van der Waals surface area contributed by atoms with E-state index in [-0.39, 0.29) is 11.3 Å². The molecule has 0 bridgehead atoms. The predicted molar refractivity (Wildman–Crippen MR) is 128 cm³/mol. The molecule has 36 heavy (non-hydrogen) atoms. The molecule has 2 heterocycles. The molecule has 0 aliphatic carbocycles. The topological polar surface area (TPSA) is 168 Å². The normalized spacial score (nSPS) is 18.4. The number of ether oxygens (including phenoxy) is 1. The fourth-order valence-electron chi connectivity index (χ4n) is 5.03. The quantitative estimate of drug-likeness (QED) is 0.262. The van der Waals surface area contributed by atoms with E-state index in [2.05, 4.69) is 0 Å². The van der Waals surface area contributed by atoms with Gasteiger partial charge >= 0.3 is 5.91 Å². The highest BCUT2D eigenvalue weighted by Crippen LogP contribution is 2.46. The summed E-state index contributed by atoms with van der Waals surface area (Å²) in [6.45, 7) is 3.53. The molecule has 0 radical (unpaired) electrons. The van der Waals surface area contributed by atoms with Gasteiger partial charge in [-0.25, -0.2) is 4.58 Å². The number of carbonyl (C=O) groups is 1. The molecule has 0 spiro atoms. The van der Waals surface area contributed by atoms with Gasteiger partial charge in [0.05, 0.1) is 27.7 Å². The Balaban J connectivity index is 2.05. The Morgan fingerprint density at radius 3 is 2.25 bits per heavy atom. The average Bonchev–Trinajstić information content (AvgIpc) is 2.86. The number of nitrogens with zero attached hydrogens (tertiary/aromatic N) is 5. The van der Waals surface area contributed by atoms with Crippen LogP contribution in [-0.2, 0) is 9.53 Å². The van der Waals surface area contributed by atoms with Gasteiger partial charge in [0.2, 0.25) is 0 Å². The Morgan fingerprint density at radius 2 is 1.69 bits per heavy atom. The van der Waals surface area contributed by atoms with Crippen LogP contribution >= 0.6 is 0 Å². The van der Waals surface area contributed by atoms with E-state index in [4.69, 9.17) is 4.74 Å².